The van der Waals surface area contributed by atoms with Crippen LogP contribution in [0.1, 0.15) is 64.7 Å². The van der Waals surface area contributed by atoms with Crippen LogP contribution in [-0.2, 0) is 11.2 Å². The van der Waals surface area contributed by atoms with Gasteiger partial charge in [-0.3, -0.25) is 4.79 Å². The molecule has 118 valence electrons. The van der Waals surface area contributed by atoms with Crippen molar-refractivity contribution in [2.75, 3.05) is 5.75 Å². The summed E-state index contributed by atoms with van der Waals surface area (Å²) in [6.45, 7) is 6.78. The Kier molecular flexibility index (Phi) is 5.30. The first-order valence-corrected chi connectivity index (χ1v) is 8.70. The highest BCUT2D eigenvalue weighted by Gasteiger charge is 2.30. The standard InChI is InChI=1S/C15H25N3O2S/c1-4-5-12-16-17-14(21-10-13(19)20)18(12)11-6-8-15(2,3)9-7-11/h11H,4-10H2,1-3H3,(H,19,20). The van der Waals surface area contributed by atoms with E-state index in [1.54, 1.807) is 0 Å². The van der Waals surface area contributed by atoms with Gasteiger partial charge in [-0.15, -0.1) is 10.2 Å². The lowest BCUT2D eigenvalue weighted by molar-refractivity contribution is -0.133. The molecule has 0 radical (unpaired) electrons. The Balaban J connectivity index is 2.18. The van der Waals surface area contributed by atoms with Crippen LogP contribution in [0.15, 0.2) is 5.16 Å². The molecule has 0 aromatic carbocycles. The van der Waals surface area contributed by atoms with Gasteiger partial charge in [0, 0.05) is 12.5 Å². The number of carboxylic acid groups (broad SMARTS) is 1. The number of carbonyl (C=O) groups is 1. The Hall–Kier alpha value is -1.04. The van der Waals surface area contributed by atoms with Crippen LogP contribution in [0.2, 0.25) is 0 Å². The maximum Gasteiger partial charge on any atom is 0.313 e. The van der Waals surface area contributed by atoms with Crippen LogP contribution in [0.25, 0.3) is 0 Å². The van der Waals surface area contributed by atoms with Crippen molar-refractivity contribution in [1.29, 1.82) is 0 Å². The van der Waals surface area contributed by atoms with Crippen molar-refractivity contribution in [3.8, 4) is 0 Å². The van der Waals surface area contributed by atoms with Gasteiger partial charge >= 0.3 is 5.97 Å². The van der Waals surface area contributed by atoms with E-state index in [9.17, 15) is 4.79 Å². The molecule has 21 heavy (non-hydrogen) atoms. The molecule has 0 saturated heterocycles. The molecule has 2 rings (SSSR count). The average molecular weight is 311 g/mol. The molecule has 1 aliphatic carbocycles. The lowest BCUT2D eigenvalue weighted by Gasteiger charge is -2.35. The van der Waals surface area contributed by atoms with Crippen molar-refractivity contribution in [3.05, 3.63) is 5.82 Å². The molecule has 1 aromatic rings. The molecule has 1 N–H and O–H groups in total. The zero-order chi connectivity index (χ0) is 15.5. The zero-order valence-electron chi connectivity index (χ0n) is 13.1. The van der Waals surface area contributed by atoms with E-state index < -0.39 is 5.97 Å². The lowest BCUT2D eigenvalue weighted by atomic mass is 9.75. The molecule has 0 unspecified atom stereocenters. The highest BCUT2D eigenvalue weighted by molar-refractivity contribution is 7.99. The second-order valence-electron chi connectivity index (χ2n) is 6.60. The van der Waals surface area contributed by atoms with Crippen LogP contribution in [-0.4, -0.2) is 31.6 Å². The lowest BCUT2D eigenvalue weighted by Crippen LogP contribution is -2.25. The van der Waals surface area contributed by atoms with Crippen LogP contribution in [0.5, 0.6) is 0 Å². The third-order valence-electron chi connectivity index (χ3n) is 4.21. The number of rotatable bonds is 6. The van der Waals surface area contributed by atoms with Crippen LogP contribution in [0.4, 0.5) is 0 Å². The molecular formula is C15H25N3O2S. The molecule has 1 fully saturated rings. The largest absolute Gasteiger partial charge is 0.481 e. The molecular weight excluding hydrogens is 286 g/mol. The van der Waals surface area contributed by atoms with Crippen LogP contribution in [0, 0.1) is 5.41 Å². The fraction of sp³-hybridized carbons (Fsp3) is 0.800. The molecule has 5 nitrogen and oxygen atoms in total. The number of aromatic nitrogens is 3. The molecule has 0 atom stereocenters. The van der Waals surface area contributed by atoms with Gasteiger partial charge in [0.2, 0.25) is 0 Å². The summed E-state index contributed by atoms with van der Waals surface area (Å²) in [5.74, 6) is 0.245. The van der Waals surface area contributed by atoms with Gasteiger partial charge < -0.3 is 9.67 Å². The average Bonchev–Trinajstić information content (AvgIpc) is 2.80. The minimum Gasteiger partial charge on any atom is -0.481 e. The smallest absolute Gasteiger partial charge is 0.313 e. The van der Waals surface area contributed by atoms with Crippen molar-refractivity contribution >= 4 is 17.7 Å². The van der Waals surface area contributed by atoms with Gasteiger partial charge in [-0.1, -0.05) is 32.5 Å². The van der Waals surface area contributed by atoms with Gasteiger partial charge in [0.15, 0.2) is 5.16 Å². The predicted octanol–water partition coefficient (Wildman–Crippen LogP) is 3.55. The monoisotopic (exact) mass is 311 g/mol. The second kappa shape index (κ2) is 6.81. The van der Waals surface area contributed by atoms with Gasteiger partial charge in [-0.25, -0.2) is 0 Å². The van der Waals surface area contributed by atoms with E-state index in [2.05, 4.69) is 35.5 Å². The fourth-order valence-corrected chi connectivity index (χ4v) is 3.68. The Morgan fingerprint density at radius 1 is 1.38 bits per heavy atom. The molecule has 0 spiro atoms. The summed E-state index contributed by atoms with van der Waals surface area (Å²) in [5, 5.41) is 18.2. The summed E-state index contributed by atoms with van der Waals surface area (Å²) in [5.41, 5.74) is 0.420. The van der Waals surface area contributed by atoms with Crippen molar-refractivity contribution in [2.45, 2.75) is 70.5 Å². The highest BCUT2D eigenvalue weighted by atomic mass is 32.2. The highest BCUT2D eigenvalue weighted by Crippen LogP contribution is 2.41. The summed E-state index contributed by atoms with van der Waals surface area (Å²) in [6.07, 6.45) is 6.58. The SMILES string of the molecule is CCCc1nnc(SCC(=O)O)n1C1CCC(C)(C)CC1. The number of carboxylic acids is 1. The molecule has 1 aliphatic rings. The van der Waals surface area contributed by atoms with Gasteiger partial charge in [-0.05, 0) is 37.5 Å². The first kappa shape index (κ1) is 16.3. The van der Waals surface area contributed by atoms with Crippen LogP contribution >= 0.6 is 11.8 Å². The fourth-order valence-electron chi connectivity index (χ4n) is 2.94. The van der Waals surface area contributed by atoms with Crippen molar-refractivity contribution in [3.63, 3.8) is 0 Å². The Bertz CT molecular complexity index is 489. The van der Waals surface area contributed by atoms with E-state index >= 15 is 0 Å². The Morgan fingerprint density at radius 3 is 2.62 bits per heavy atom. The van der Waals surface area contributed by atoms with Crippen molar-refractivity contribution in [1.82, 2.24) is 14.8 Å². The van der Waals surface area contributed by atoms with Gasteiger partial charge in [0.25, 0.3) is 0 Å². The van der Waals surface area contributed by atoms with Crippen molar-refractivity contribution in [2.24, 2.45) is 5.41 Å². The predicted molar refractivity (Wildman–Crippen MR) is 83.7 cm³/mol. The molecule has 0 aliphatic heterocycles. The molecule has 0 amide bonds. The summed E-state index contributed by atoms with van der Waals surface area (Å²) in [4.78, 5) is 10.8. The quantitative estimate of drug-likeness (QED) is 0.814. The molecule has 6 heteroatoms. The molecule has 1 heterocycles. The number of hydrogen-bond acceptors (Lipinski definition) is 4. The minimum absolute atomic E-state index is 0.0441. The van der Waals surface area contributed by atoms with E-state index in [-0.39, 0.29) is 5.75 Å². The summed E-state index contributed by atoms with van der Waals surface area (Å²) < 4.78 is 2.21. The van der Waals surface area contributed by atoms with E-state index in [4.69, 9.17) is 5.11 Å². The number of nitrogens with zero attached hydrogens (tertiary/aromatic N) is 3. The van der Waals surface area contributed by atoms with E-state index in [0.29, 0.717) is 11.5 Å². The first-order valence-electron chi connectivity index (χ1n) is 7.71. The summed E-state index contributed by atoms with van der Waals surface area (Å²) in [7, 11) is 0. The third-order valence-corrected chi connectivity index (χ3v) is 5.14. The molecule has 1 saturated carbocycles. The van der Waals surface area contributed by atoms with Crippen molar-refractivity contribution < 1.29 is 9.90 Å². The van der Waals surface area contributed by atoms with E-state index in [1.807, 2.05) is 0 Å². The number of aryl methyl sites for hydroxylation is 1. The first-order chi connectivity index (χ1) is 9.93. The van der Waals surface area contributed by atoms with Crippen LogP contribution in [0.3, 0.4) is 0 Å². The topological polar surface area (TPSA) is 68.0 Å². The molecule has 1 aromatic heterocycles. The van der Waals surface area contributed by atoms with E-state index in [1.165, 1.54) is 24.6 Å². The zero-order valence-corrected chi connectivity index (χ0v) is 13.9. The Morgan fingerprint density at radius 2 is 2.05 bits per heavy atom. The number of hydrogen-bond donors (Lipinski definition) is 1. The maximum atomic E-state index is 10.8. The third kappa shape index (κ3) is 4.22. The van der Waals surface area contributed by atoms with Crippen LogP contribution < -0.4 is 0 Å². The number of thioether (sulfide) groups is 1. The normalized spacial score (nSPS) is 18.8. The number of aliphatic carboxylic acids is 1. The molecule has 0 bridgehead atoms. The van der Waals surface area contributed by atoms with Gasteiger partial charge in [-0.2, -0.15) is 0 Å². The van der Waals surface area contributed by atoms with Gasteiger partial charge in [0.05, 0.1) is 5.75 Å². The maximum absolute atomic E-state index is 10.8. The van der Waals surface area contributed by atoms with Gasteiger partial charge in [0.1, 0.15) is 5.82 Å². The summed E-state index contributed by atoms with van der Waals surface area (Å²) in [6, 6.07) is 0.422. The van der Waals surface area contributed by atoms with E-state index in [0.717, 1.165) is 36.7 Å². The summed E-state index contributed by atoms with van der Waals surface area (Å²) >= 11 is 1.29. The second-order valence-corrected chi connectivity index (χ2v) is 7.54. The minimum atomic E-state index is -0.809. The Labute approximate surface area is 130 Å².